The summed E-state index contributed by atoms with van der Waals surface area (Å²) in [6, 6.07) is 5.55. The van der Waals surface area contributed by atoms with Crippen LogP contribution in [0.3, 0.4) is 0 Å². The molecule has 28 heavy (non-hydrogen) atoms. The van der Waals surface area contributed by atoms with Gasteiger partial charge < -0.3 is 20.1 Å². The number of β-amino-alcohol motifs (C(OH)–C–C–N with tert-alkyl or cyclic N) is 1. The minimum absolute atomic E-state index is 0.0983. The molecule has 1 amide bonds. The van der Waals surface area contributed by atoms with Gasteiger partial charge in [0, 0.05) is 24.7 Å². The highest BCUT2D eigenvalue weighted by Gasteiger charge is 2.36. The normalized spacial score (nSPS) is 25.9. The second-order valence-electron chi connectivity index (χ2n) is 9.16. The van der Waals surface area contributed by atoms with Crippen molar-refractivity contribution >= 4 is 16.9 Å². The number of imidazole rings is 1. The van der Waals surface area contributed by atoms with Crippen molar-refractivity contribution in [1.29, 1.82) is 0 Å². The predicted molar refractivity (Wildman–Crippen MR) is 106 cm³/mol. The molecule has 0 spiro atoms. The SMILES string of the molecule is CC1(C)C[C@@H](O)[C@@H](O)CN(C(=O)c2ccc3c(c2)[nH]c(=O)n3C2CCCC2)C1. The van der Waals surface area contributed by atoms with Crippen molar-refractivity contribution in [2.75, 3.05) is 13.1 Å². The fourth-order valence-corrected chi connectivity index (χ4v) is 4.82. The monoisotopic (exact) mass is 387 g/mol. The van der Waals surface area contributed by atoms with Crippen LogP contribution in [0.5, 0.6) is 0 Å². The minimum Gasteiger partial charge on any atom is -0.390 e. The highest BCUT2D eigenvalue weighted by molar-refractivity contribution is 5.97. The van der Waals surface area contributed by atoms with Crippen LogP contribution in [0.4, 0.5) is 0 Å². The first-order chi connectivity index (χ1) is 13.2. The van der Waals surface area contributed by atoms with Gasteiger partial charge in [0.2, 0.25) is 0 Å². The number of carbonyl (C=O) groups excluding carboxylic acids is 1. The molecule has 0 unspecified atom stereocenters. The molecule has 2 fully saturated rings. The molecule has 1 saturated heterocycles. The summed E-state index contributed by atoms with van der Waals surface area (Å²) in [5, 5.41) is 20.3. The standard InChI is InChI=1S/C21H29N3O4/c1-21(2)10-17(25)18(26)11-23(12-21)19(27)13-7-8-16-15(9-13)22-20(28)24(16)14-5-3-4-6-14/h7-9,14,17-18,25-26H,3-6,10-12H2,1-2H3,(H,22,28)/t17-,18+/m1/s1. The molecular weight excluding hydrogens is 358 g/mol. The Balaban J connectivity index is 1.65. The lowest BCUT2D eigenvalue weighted by atomic mass is 9.86. The van der Waals surface area contributed by atoms with E-state index in [0.717, 1.165) is 31.2 Å². The topological polar surface area (TPSA) is 98.6 Å². The number of amides is 1. The molecule has 7 nitrogen and oxygen atoms in total. The Labute approximate surface area is 164 Å². The van der Waals surface area contributed by atoms with E-state index in [1.165, 1.54) is 0 Å². The van der Waals surface area contributed by atoms with Gasteiger partial charge in [-0.25, -0.2) is 4.79 Å². The number of nitrogens with zero attached hydrogens (tertiary/aromatic N) is 2. The Bertz CT molecular complexity index is 939. The van der Waals surface area contributed by atoms with Crippen molar-refractivity contribution in [1.82, 2.24) is 14.5 Å². The van der Waals surface area contributed by atoms with Gasteiger partial charge in [-0.05, 0) is 42.9 Å². The van der Waals surface area contributed by atoms with Crippen LogP contribution in [0.2, 0.25) is 0 Å². The molecule has 1 aromatic heterocycles. The Hall–Kier alpha value is -2.12. The van der Waals surface area contributed by atoms with Crippen LogP contribution in [0.15, 0.2) is 23.0 Å². The van der Waals surface area contributed by atoms with Crippen LogP contribution in [-0.4, -0.2) is 55.9 Å². The van der Waals surface area contributed by atoms with Crippen molar-refractivity contribution in [2.45, 2.75) is 64.2 Å². The first-order valence-corrected chi connectivity index (χ1v) is 10.1. The van der Waals surface area contributed by atoms with E-state index in [4.69, 9.17) is 0 Å². The Kier molecular flexibility index (Phi) is 4.83. The summed E-state index contributed by atoms with van der Waals surface area (Å²) in [5.74, 6) is -0.197. The molecule has 1 saturated carbocycles. The largest absolute Gasteiger partial charge is 0.390 e. The van der Waals surface area contributed by atoms with Crippen LogP contribution in [0, 0.1) is 5.41 Å². The molecule has 2 heterocycles. The Morgan fingerprint density at radius 2 is 1.89 bits per heavy atom. The summed E-state index contributed by atoms with van der Waals surface area (Å²) in [7, 11) is 0. The molecule has 4 rings (SSSR count). The van der Waals surface area contributed by atoms with Crippen LogP contribution in [0.25, 0.3) is 11.0 Å². The van der Waals surface area contributed by atoms with Crippen molar-refractivity contribution in [2.24, 2.45) is 5.41 Å². The van der Waals surface area contributed by atoms with Crippen molar-refractivity contribution < 1.29 is 15.0 Å². The first kappa shape index (κ1) is 19.2. The number of aromatic amines is 1. The Morgan fingerprint density at radius 3 is 2.61 bits per heavy atom. The number of rotatable bonds is 2. The van der Waals surface area contributed by atoms with Gasteiger partial charge in [0.1, 0.15) is 0 Å². The van der Waals surface area contributed by atoms with Crippen LogP contribution >= 0.6 is 0 Å². The van der Waals surface area contributed by atoms with Gasteiger partial charge in [-0.2, -0.15) is 0 Å². The smallest absolute Gasteiger partial charge is 0.326 e. The zero-order valence-electron chi connectivity index (χ0n) is 16.5. The highest BCUT2D eigenvalue weighted by Crippen LogP contribution is 2.32. The summed E-state index contributed by atoms with van der Waals surface area (Å²) in [4.78, 5) is 30.1. The molecule has 1 aromatic carbocycles. The van der Waals surface area contributed by atoms with Gasteiger partial charge in [-0.15, -0.1) is 0 Å². The number of H-pyrrole nitrogens is 1. The molecule has 2 aliphatic rings. The lowest BCUT2D eigenvalue weighted by Crippen LogP contribution is -2.41. The van der Waals surface area contributed by atoms with E-state index < -0.39 is 12.2 Å². The van der Waals surface area contributed by atoms with E-state index >= 15 is 0 Å². The first-order valence-electron chi connectivity index (χ1n) is 10.1. The number of nitrogens with one attached hydrogen (secondary N) is 1. The zero-order valence-corrected chi connectivity index (χ0v) is 16.5. The minimum atomic E-state index is -0.960. The molecular formula is C21H29N3O4. The van der Waals surface area contributed by atoms with Gasteiger partial charge in [-0.3, -0.25) is 9.36 Å². The predicted octanol–water partition coefficient (Wildman–Crippen LogP) is 2.04. The number of aromatic nitrogens is 2. The van der Waals surface area contributed by atoms with Crippen LogP contribution in [0.1, 0.15) is 62.4 Å². The van der Waals surface area contributed by atoms with E-state index in [1.807, 2.05) is 24.5 Å². The van der Waals surface area contributed by atoms with Crippen LogP contribution in [-0.2, 0) is 0 Å². The van der Waals surface area contributed by atoms with Crippen molar-refractivity contribution in [3.05, 3.63) is 34.2 Å². The molecule has 1 aliphatic carbocycles. The third-order valence-electron chi connectivity index (χ3n) is 6.17. The number of hydrogen-bond acceptors (Lipinski definition) is 4. The van der Waals surface area contributed by atoms with Gasteiger partial charge >= 0.3 is 5.69 Å². The van der Waals surface area contributed by atoms with E-state index in [1.54, 1.807) is 17.0 Å². The van der Waals surface area contributed by atoms with E-state index in [-0.39, 0.29) is 29.6 Å². The highest BCUT2D eigenvalue weighted by atomic mass is 16.3. The van der Waals surface area contributed by atoms with E-state index in [2.05, 4.69) is 4.98 Å². The Morgan fingerprint density at radius 1 is 1.18 bits per heavy atom. The quantitative estimate of drug-likeness (QED) is 0.734. The number of fused-ring (bicyclic) bond motifs is 1. The molecule has 1 aliphatic heterocycles. The van der Waals surface area contributed by atoms with Gasteiger partial charge in [0.05, 0.1) is 23.2 Å². The lowest BCUT2D eigenvalue weighted by molar-refractivity contribution is 0.00368. The molecule has 7 heteroatoms. The zero-order chi connectivity index (χ0) is 20.1. The maximum absolute atomic E-state index is 13.1. The number of aliphatic hydroxyl groups excluding tert-OH is 2. The van der Waals surface area contributed by atoms with Gasteiger partial charge in [-0.1, -0.05) is 26.7 Å². The molecule has 2 aromatic rings. The number of likely N-dealkylation sites (tertiary alicyclic amines) is 1. The maximum atomic E-state index is 13.1. The van der Waals surface area contributed by atoms with Crippen LogP contribution < -0.4 is 5.69 Å². The summed E-state index contributed by atoms with van der Waals surface area (Å²) in [5.41, 5.74) is 1.56. The fourth-order valence-electron chi connectivity index (χ4n) is 4.82. The summed E-state index contributed by atoms with van der Waals surface area (Å²) < 4.78 is 1.83. The van der Waals surface area contributed by atoms with Gasteiger partial charge in [0.25, 0.3) is 5.91 Å². The number of carbonyl (C=O) groups is 1. The van der Waals surface area contributed by atoms with E-state index in [0.29, 0.717) is 24.0 Å². The van der Waals surface area contributed by atoms with Crippen molar-refractivity contribution in [3.63, 3.8) is 0 Å². The lowest BCUT2D eigenvalue weighted by Gasteiger charge is -2.29. The summed E-state index contributed by atoms with van der Waals surface area (Å²) in [6.07, 6.45) is 2.94. The van der Waals surface area contributed by atoms with Gasteiger partial charge in [0.15, 0.2) is 0 Å². The molecule has 152 valence electrons. The van der Waals surface area contributed by atoms with Crippen molar-refractivity contribution in [3.8, 4) is 0 Å². The second kappa shape index (κ2) is 7.04. The molecule has 0 bridgehead atoms. The maximum Gasteiger partial charge on any atom is 0.326 e. The third-order valence-corrected chi connectivity index (χ3v) is 6.17. The molecule has 3 N–H and O–H groups in total. The number of aliphatic hydroxyl groups is 2. The van der Waals surface area contributed by atoms with E-state index in [9.17, 15) is 19.8 Å². The second-order valence-corrected chi connectivity index (χ2v) is 9.16. The third kappa shape index (κ3) is 3.49. The summed E-state index contributed by atoms with van der Waals surface area (Å²) in [6.45, 7) is 4.52. The fraction of sp³-hybridized carbons (Fsp3) is 0.619. The number of hydrogen-bond donors (Lipinski definition) is 3. The summed E-state index contributed by atoms with van der Waals surface area (Å²) >= 11 is 0. The molecule has 2 atom stereocenters. The average molecular weight is 387 g/mol. The average Bonchev–Trinajstić information content (AvgIpc) is 3.22. The number of benzene rings is 1. The molecule has 0 radical (unpaired) electrons.